The summed E-state index contributed by atoms with van der Waals surface area (Å²) in [5.74, 6) is 0.770. The summed E-state index contributed by atoms with van der Waals surface area (Å²) >= 11 is 0. The molecule has 3 nitrogen and oxygen atoms in total. The van der Waals surface area contributed by atoms with E-state index in [4.69, 9.17) is 9.84 Å². The first-order chi connectivity index (χ1) is 8.28. The molecule has 0 amide bonds. The van der Waals surface area contributed by atoms with Crippen LogP contribution in [-0.4, -0.2) is 36.5 Å². The van der Waals surface area contributed by atoms with Crippen molar-refractivity contribution < 1.29 is 9.84 Å². The summed E-state index contributed by atoms with van der Waals surface area (Å²) in [4.78, 5) is 0. The van der Waals surface area contributed by atoms with Crippen molar-refractivity contribution in [3.8, 4) is 0 Å². The van der Waals surface area contributed by atoms with Gasteiger partial charge in [-0.15, -0.1) is 0 Å². The van der Waals surface area contributed by atoms with Gasteiger partial charge in [0.1, 0.15) is 0 Å². The minimum Gasteiger partial charge on any atom is -0.396 e. The van der Waals surface area contributed by atoms with Crippen LogP contribution in [0.2, 0.25) is 0 Å². The molecule has 2 aliphatic carbocycles. The molecule has 0 radical (unpaired) electrons. The zero-order valence-electron chi connectivity index (χ0n) is 10.8. The highest BCUT2D eigenvalue weighted by Gasteiger charge is 2.66. The molecular weight excluding hydrogens is 214 g/mol. The van der Waals surface area contributed by atoms with Crippen molar-refractivity contribution in [2.24, 2.45) is 11.3 Å². The van der Waals surface area contributed by atoms with E-state index in [1.807, 2.05) is 0 Å². The lowest BCUT2D eigenvalue weighted by Crippen LogP contribution is -2.72. The average Bonchev–Trinajstić information content (AvgIpc) is 2.66. The van der Waals surface area contributed by atoms with Gasteiger partial charge in [-0.05, 0) is 39.0 Å². The smallest absolute Gasteiger partial charge is 0.0690 e. The molecule has 2 N–H and O–H groups in total. The molecule has 3 heteroatoms. The zero-order chi connectivity index (χ0) is 11.9. The fraction of sp³-hybridized carbons (Fsp3) is 1.00. The lowest BCUT2D eigenvalue weighted by Gasteiger charge is -2.64. The van der Waals surface area contributed by atoms with Crippen molar-refractivity contribution >= 4 is 0 Å². The Balaban J connectivity index is 1.58. The molecule has 3 aliphatic rings. The SMILES string of the molecule is CC(CCCO)NC1C2CCOC2C12CCC2. The van der Waals surface area contributed by atoms with Crippen LogP contribution in [0.1, 0.15) is 45.4 Å². The van der Waals surface area contributed by atoms with E-state index < -0.39 is 0 Å². The van der Waals surface area contributed by atoms with E-state index in [0.29, 0.717) is 30.2 Å². The van der Waals surface area contributed by atoms with Crippen LogP contribution in [0.4, 0.5) is 0 Å². The summed E-state index contributed by atoms with van der Waals surface area (Å²) in [6.07, 6.45) is 7.92. The van der Waals surface area contributed by atoms with E-state index in [1.54, 1.807) is 0 Å². The van der Waals surface area contributed by atoms with Crippen molar-refractivity contribution in [3.63, 3.8) is 0 Å². The lowest BCUT2D eigenvalue weighted by molar-refractivity contribution is -0.178. The van der Waals surface area contributed by atoms with Gasteiger partial charge in [0.25, 0.3) is 0 Å². The Hall–Kier alpha value is -0.120. The molecule has 17 heavy (non-hydrogen) atoms. The van der Waals surface area contributed by atoms with Crippen LogP contribution >= 0.6 is 0 Å². The summed E-state index contributed by atoms with van der Waals surface area (Å²) in [6, 6.07) is 1.23. The number of hydrogen-bond acceptors (Lipinski definition) is 3. The van der Waals surface area contributed by atoms with Gasteiger partial charge in [-0.2, -0.15) is 0 Å². The van der Waals surface area contributed by atoms with Gasteiger partial charge in [0, 0.05) is 36.6 Å². The minimum atomic E-state index is 0.316. The Morgan fingerprint density at radius 2 is 2.29 bits per heavy atom. The second-order valence-electron chi connectivity index (χ2n) is 6.24. The maximum Gasteiger partial charge on any atom is 0.0690 e. The van der Waals surface area contributed by atoms with Crippen LogP contribution in [0.15, 0.2) is 0 Å². The topological polar surface area (TPSA) is 41.5 Å². The van der Waals surface area contributed by atoms with Crippen molar-refractivity contribution in [2.45, 2.75) is 63.6 Å². The molecule has 98 valence electrons. The third-order valence-corrected chi connectivity index (χ3v) is 5.30. The normalized spacial score (nSPS) is 39.5. The third-order valence-electron chi connectivity index (χ3n) is 5.30. The Labute approximate surface area is 104 Å². The predicted octanol–water partition coefficient (Wildman–Crippen LogP) is 1.69. The van der Waals surface area contributed by atoms with Crippen LogP contribution in [0.5, 0.6) is 0 Å². The van der Waals surface area contributed by atoms with E-state index in [9.17, 15) is 0 Å². The van der Waals surface area contributed by atoms with E-state index in [1.165, 1.54) is 25.7 Å². The van der Waals surface area contributed by atoms with Gasteiger partial charge in [0.05, 0.1) is 6.10 Å². The first-order valence-electron chi connectivity index (χ1n) is 7.26. The van der Waals surface area contributed by atoms with Gasteiger partial charge in [-0.1, -0.05) is 6.42 Å². The number of fused-ring (bicyclic) bond motifs is 2. The Morgan fingerprint density at radius 3 is 2.94 bits per heavy atom. The van der Waals surface area contributed by atoms with E-state index in [2.05, 4.69) is 12.2 Å². The van der Waals surface area contributed by atoms with Gasteiger partial charge in [0.2, 0.25) is 0 Å². The summed E-state index contributed by atoms with van der Waals surface area (Å²) < 4.78 is 5.92. The molecule has 0 aromatic carbocycles. The Morgan fingerprint density at radius 1 is 1.47 bits per heavy atom. The maximum absolute atomic E-state index is 8.88. The van der Waals surface area contributed by atoms with Crippen molar-refractivity contribution in [1.82, 2.24) is 5.32 Å². The molecule has 3 fully saturated rings. The number of nitrogens with one attached hydrogen (secondary N) is 1. The molecule has 1 heterocycles. The standard InChI is InChI=1S/C14H25NO2/c1-10(4-2-8-16)15-12-11-5-9-17-13(11)14(12)6-3-7-14/h10-13,15-16H,2-9H2,1H3. The van der Waals surface area contributed by atoms with Gasteiger partial charge in [-0.25, -0.2) is 0 Å². The highest BCUT2D eigenvalue weighted by Crippen LogP contribution is 2.62. The maximum atomic E-state index is 8.88. The second kappa shape index (κ2) is 4.52. The van der Waals surface area contributed by atoms with Crippen LogP contribution in [0.3, 0.4) is 0 Å². The monoisotopic (exact) mass is 239 g/mol. The fourth-order valence-electron chi connectivity index (χ4n) is 4.28. The summed E-state index contributed by atoms with van der Waals surface area (Å²) in [7, 11) is 0. The summed E-state index contributed by atoms with van der Waals surface area (Å²) in [6.45, 7) is 3.54. The summed E-state index contributed by atoms with van der Waals surface area (Å²) in [5, 5.41) is 12.7. The quantitative estimate of drug-likeness (QED) is 0.767. The van der Waals surface area contributed by atoms with Gasteiger partial charge in [-0.3, -0.25) is 0 Å². The highest BCUT2D eigenvalue weighted by molar-refractivity contribution is 5.18. The van der Waals surface area contributed by atoms with E-state index >= 15 is 0 Å². The van der Waals surface area contributed by atoms with E-state index in [-0.39, 0.29) is 0 Å². The predicted molar refractivity (Wildman–Crippen MR) is 66.8 cm³/mol. The number of ether oxygens (including phenoxy) is 1. The van der Waals surface area contributed by atoms with Crippen LogP contribution in [-0.2, 0) is 4.74 Å². The first kappa shape index (κ1) is 11.9. The van der Waals surface area contributed by atoms with Crippen molar-refractivity contribution in [3.05, 3.63) is 0 Å². The van der Waals surface area contributed by atoms with Crippen LogP contribution in [0, 0.1) is 11.3 Å². The highest BCUT2D eigenvalue weighted by atomic mass is 16.5. The first-order valence-corrected chi connectivity index (χ1v) is 7.26. The second-order valence-corrected chi connectivity index (χ2v) is 6.24. The van der Waals surface area contributed by atoms with Gasteiger partial charge >= 0.3 is 0 Å². The summed E-state index contributed by atoms with van der Waals surface area (Å²) in [5.41, 5.74) is 0.495. The molecule has 4 atom stereocenters. The van der Waals surface area contributed by atoms with Crippen LogP contribution in [0.25, 0.3) is 0 Å². The zero-order valence-corrected chi connectivity index (χ0v) is 10.8. The largest absolute Gasteiger partial charge is 0.396 e. The van der Waals surface area contributed by atoms with Crippen molar-refractivity contribution in [2.75, 3.05) is 13.2 Å². The van der Waals surface area contributed by atoms with Crippen LogP contribution < -0.4 is 5.32 Å². The molecule has 2 saturated carbocycles. The Kier molecular flexibility index (Phi) is 3.18. The lowest BCUT2D eigenvalue weighted by atomic mass is 9.46. The number of hydrogen-bond donors (Lipinski definition) is 2. The Bertz CT molecular complexity index is 277. The average molecular weight is 239 g/mol. The number of rotatable bonds is 5. The third kappa shape index (κ3) is 1.74. The van der Waals surface area contributed by atoms with Crippen molar-refractivity contribution in [1.29, 1.82) is 0 Å². The molecule has 0 aromatic heterocycles. The molecule has 3 rings (SSSR count). The molecule has 1 aliphatic heterocycles. The molecular formula is C14H25NO2. The fourth-order valence-corrected chi connectivity index (χ4v) is 4.28. The van der Waals surface area contributed by atoms with E-state index in [0.717, 1.165) is 25.4 Å². The molecule has 1 saturated heterocycles. The minimum absolute atomic E-state index is 0.316. The molecule has 0 aromatic rings. The molecule has 4 unspecified atom stereocenters. The number of aliphatic hydroxyl groups excluding tert-OH is 1. The van der Waals surface area contributed by atoms with Gasteiger partial charge in [0.15, 0.2) is 0 Å². The number of aliphatic hydroxyl groups is 1. The van der Waals surface area contributed by atoms with Gasteiger partial charge < -0.3 is 15.2 Å². The molecule has 1 spiro atoms. The molecule has 0 bridgehead atoms.